The van der Waals surface area contributed by atoms with Crippen LogP contribution in [0.5, 0.6) is 5.75 Å². The van der Waals surface area contributed by atoms with Crippen LogP contribution in [-0.4, -0.2) is 34.6 Å². The average molecular weight is 568 g/mol. The summed E-state index contributed by atoms with van der Waals surface area (Å²) in [6.07, 6.45) is -0.660. The van der Waals surface area contributed by atoms with Gasteiger partial charge in [0.25, 0.3) is 5.91 Å². The van der Waals surface area contributed by atoms with E-state index in [4.69, 9.17) is 17.0 Å². The van der Waals surface area contributed by atoms with Gasteiger partial charge in [-0.3, -0.25) is 19.9 Å². The molecule has 1 saturated heterocycles. The summed E-state index contributed by atoms with van der Waals surface area (Å²) < 4.78 is 88.8. The minimum atomic E-state index is -2.38. The normalized spacial score (nSPS) is 15.1. The second-order valence-corrected chi connectivity index (χ2v) is 8.45. The van der Waals surface area contributed by atoms with Crippen molar-refractivity contribution in [3.8, 4) is 5.75 Å². The standard InChI is InChI=1S/C25H18F6N4O3S/c1-2-38-15-9-5-13(6-10-15)32-17(36)11-16-24(37)34(14-7-3-12(26)4-8-14)25(39)35(16)33-23-21(30)19(28)18(27)20(29)22(23)31/h3-10,16,33H,2,11H2,1H3,(H,32,36). The Labute approximate surface area is 222 Å². The zero-order valence-corrected chi connectivity index (χ0v) is 20.7. The number of hydrazine groups is 1. The van der Waals surface area contributed by atoms with Gasteiger partial charge in [0.2, 0.25) is 16.8 Å². The molecule has 0 saturated carbocycles. The van der Waals surface area contributed by atoms with Crippen LogP contribution >= 0.6 is 12.2 Å². The predicted octanol–water partition coefficient (Wildman–Crippen LogP) is 5.28. The Bertz CT molecular complexity index is 1410. The van der Waals surface area contributed by atoms with Crippen LogP contribution in [0.4, 0.5) is 43.4 Å². The maximum atomic E-state index is 14.4. The lowest BCUT2D eigenvalue weighted by Gasteiger charge is -2.26. The lowest BCUT2D eigenvalue weighted by molar-refractivity contribution is -0.124. The van der Waals surface area contributed by atoms with Gasteiger partial charge in [-0.15, -0.1) is 0 Å². The van der Waals surface area contributed by atoms with E-state index in [-0.39, 0.29) is 5.69 Å². The molecule has 1 atom stereocenters. The first-order chi connectivity index (χ1) is 18.5. The summed E-state index contributed by atoms with van der Waals surface area (Å²) in [6, 6.07) is 9.01. The van der Waals surface area contributed by atoms with Crippen molar-refractivity contribution in [3.63, 3.8) is 0 Å². The number of thiocarbonyl (C=S) groups is 1. The molecule has 14 heteroatoms. The third-order valence-electron chi connectivity index (χ3n) is 5.57. The number of carbonyl (C=O) groups excluding carboxylic acids is 2. The van der Waals surface area contributed by atoms with E-state index in [0.29, 0.717) is 23.1 Å². The molecule has 0 bridgehead atoms. The predicted molar refractivity (Wildman–Crippen MR) is 133 cm³/mol. The van der Waals surface area contributed by atoms with Crippen molar-refractivity contribution >= 4 is 46.2 Å². The number of anilines is 3. The number of halogens is 6. The second kappa shape index (κ2) is 11.2. The molecular formula is C25H18F6N4O3S. The Morgan fingerprint density at radius 1 is 0.897 bits per heavy atom. The molecule has 1 aliphatic rings. The maximum Gasteiger partial charge on any atom is 0.258 e. The first-order valence-corrected chi connectivity index (χ1v) is 11.7. The Hall–Kier alpha value is -4.33. The molecule has 2 N–H and O–H groups in total. The zero-order valence-electron chi connectivity index (χ0n) is 19.9. The van der Waals surface area contributed by atoms with E-state index < -0.39 is 70.0 Å². The van der Waals surface area contributed by atoms with Crippen molar-refractivity contribution in [1.29, 1.82) is 0 Å². The van der Waals surface area contributed by atoms with E-state index >= 15 is 0 Å². The molecule has 204 valence electrons. The van der Waals surface area contributed by atoms with Crippen molar-refractivity contribution in [2.45, 2.75) is 19.4 Å². The molecule has 3 aromatic rings. The maximum absolute atomic E-state index is 14.4. The SMILES string of the molecule is CCOc1ccc(NC(=O)CC2C(=O)N(c3ccc(F)cc3)C(=S)N2Nc2c(F)c(F)c(F)c(F)c2F)cc1. The summed E-state index contributed by atoms with van der Waals surface area (Å²) in [5.74, 6) is -13.0. The van der Waals surface area contributed by atoms with Gasteiger partial charge in [0.05, 0.1) is 18.7 Å². The number of benzene rings is 3. The second-order valence-electron chi connectivity index (χ2n) is 8.08. The van der Waals surface area contributed by atoms with Gasteiger partial charge >= 0.3 is 0 Å². The van der Waals surface area contributed by atoms with Gasteiger partial charge in [-0.1, -0.05) is 0 Å². The van der Waals surface area contributed by atoms with E-state index in [1.54, 1.807) is 19.1 Å². The lowest BCUT2D eigenvalue weighted by atomic mass is 10.1. The molecule has 7 nitrogen and oxygen atoms in total. The number of nitrogens with zero attached hydrogens (tertiary/aromatic N) is 2. The highest BCUT2D eigenvalue weighted by Crippen LogP contribution is 2.32. The van der Waals surface area contributed by atoms with Crippen molar-refractivity contribution < 1.29 is 40.7 Å². The fraction of sp³-hybridized carbons (Fsp3) is 0.160. The molecule has 3 aromatic carbocycles. The van der Waals surface area contributed by atoms with E-state index in [2.05, 4.69) is 5.32 Å². The Morgan fingerprint density at radius 3 is 2.03 bits per heavy atom. The fourth-order valence-electron chi connectivity index (χ4n) is 3.74. The highest BCUT2D eigenvalue weighted by atomic mass is 32.1. The highest BCUT2D eigenvalue weighted by Gasteiger charge is 2.45. The van der Waals surface area contributed by atoms with Gasteiger partial charge in [-0.2, -0.15) is 0 Å². The van der Waals surface area contributed by atoms with Gasteiger partial charge < -0.3 is 10.1 Å². The molecule has 4 rings (SSSR count). The summed E-state index contributed by atoms with van der Waals surface area (Å²) >= 11 is 5.25. The van der Waals surface area contributed by atoms with Gasteiger partial charge in [0.15, 0.2) is 23.3 Å². The van der Waals surface area contributed by atoms with Gasteiger partial charge in [0, 0.05) is 5.69 Å². The molecule has 1 unspecified atom stereocenters. The summed E-state index contributed by atoms with van der Waals surface area (Å²) in [4.78, 5) is 27.0. The lowest BCUT2D eigenvalue weighted by Crippen LogP contribution is -2.42. The Kier molecular flexibility index (Phi) is 7.95. The van der Waals surface area contributed by atoms with Gasteiger partial charge in [0.1, 0.15) is 23.3 Å². The van der Waals surface area contributed by atoms with Crippen LogP contribution in [0.3, 0.4) is 0 Å². The van der Waals surface area contributed by atoms with E-state index in [9.17, 15) is 35.9 Å². The number of ether oxygens (including phenoxy) is 1. The Balaban J connectivity index is 1.66. The molecule has 1 fully saturated rings. The fourth-order valence-corrected chi connectivity index (χ4v) is 4.11. The van der Waals surface area contributed by atoms with E-state index in [0.717, 1.165) is 17.0 Å². The first-order valence-electron chi connectivity index (χ1n) is 11.3. The highest BCUT2D eigenvalue weighted by molar-refractivity contribution is 7.80. The monoisotopic (exact) mass is 568 g/mol. The van der Waals surface area contributed by atoms with Crippen molar-refractivity contribution in [3.05, 3.63) is 83.4 Å². The zero-order chi connectivity index (χ0) is 28.4. The number of hydrogen-bond acceptors (Lipinski definition) is 5. The summed E-state index contributed by atoms with van der Waals surface area (Å²) in [5, 5.41) is 2.68. The van der Waals surface area contributed by atoms with Crippen LogP contribution in [0.25, 0.3) is 0 Å². The summed E-state index contributed by atoms with van der Waals surface area (Å²) in [7, 11) is 0. The molecule has 1 heterocycles. The van der Waals surface area contributed by atoms with Crippen LogP contribution < -0.4 is 20.4 Å². The summed E-state index contributed by atoms with van der Waals surface area (Å²) in [6.45, 7) is 2.21. The number of rotatable bonds is 8. The minimum Gasteiger partial charge on any atom is -0.494 e. The average Bonchev–Trinajstić information content (AvgIpc) is 3.14. The Morgan fingerprint density at radius 2 is 1.46 bits per heavy atom. The first kappa shape index (κ1) is 27.7. The van der Waals surface area contributed by atoms with Gasteiger partial charge in [-0.05, 0) is 67.7 Å². The quantitative estimate of drug-likeness (QED) is 0.167. The van der Waals surface area contributed by atoms with Gasteiger partial charge in [-0.25, -0.2) is 31.4 Å². The molecule has 0 aliphatic carbocycles. The van der Waals surface area contributed by atoms with Crippen LogP contribution in [-0.2, 0) is 9.59 Å². The molecule has 0 spiro atoms. The number of nitrogens with one attached hydrogen (secondary N) is 2. The molecule has 0 radical (unpaired) electrons. The third kappa shape index (κ3) is 5.46. The van der Waals surface area contributed by atoms with Crippen LogP contribution in [0.2, 0.25) is 0 Å². The number of carbonyl (C=O) groups is 2. The largest absolute Gasteiger partial charge is 0.494 e. The van der Waals surface area contributed by atoms with Crippen LogP contribution in [0, 0.1) is 34.9 Å². The van der Waals surface area contributed by atoms with Crippen LogP contribution in [0.15, 0.2) is 48.5 Å². The molecule has 0 aromatic heterocycles. The van der Waals surface area contributed by atoms with Crippen molar-refractivity contribution in [2.75, 3.05) is 22.2 Å². The third-order valence-corrected chi connectivity index (χ3v) is 5.95. The van der Waals surface area contributed by atoms with Crippen LogP contribution in [0.1, 0.15) is 13.3 Å². The van der Waals surface area contributed by atoms with Crippen molar-refractivity contribution in [1.82, 2.24) is 5.01 Å². The summed E-state index contributed by atoms with van der Waals surface area (Å²) in [5.41, 5.74) is 0.852. The topological polar surface area (TPSA) is 73.9 Å². The number of amides is 2. The smallest absolute Gasteiger partial charge is 0.258 e. The minimum absolute atomic E-state index is 0.0324. The van der Waals surface area contributed by atoms with Crippen molar-refractivity contribution in [2.24, 2.45) is 0 Å². The molecule has 2 amide bonds. The molecular weight excluding hydrogens is 550 g/mol. The van der Waals surface area contributed by atoms with E-state index in [1.165, 1.54) is 24.3 Å². The molecule has 1 aliphatic heterocycles. The van der Waals surface area contributed by atoms with E-state index in [1.807, 2.05) is 5.43 Å². The number of hydrogen-bond donors (Lipinski definition) is 2. The molecule has 39 heavy (non-hydrogen) atoms.